The lowest BCUT2D eigenvalue weighted by Gasteiger charge is -2.18. The highest BCUT2D eigenvalue weighted by atomic mass is 16.5. The van der Waals surface area contributed by atoms with Crippen molar-refractivity contribution in [3.63, 3.8) is 0 Å². The molecule has 0 fully saturated rings. The molecule has 132 valence electrons. The summed E-state index contributed by atoms with van der Waals surface area (Å²) < 4.78 is 16.3. The van der Waals surface area contributed by atoms with Gasteiger partial charge in [-0.15, -0.1) is 0 Å². The average molecular weight is 340 g/mol. The Kier molecular flexibility index (Phi) is 5.14. The summed E-state index contributed by atoms with van der Waals surface area (Å²) in [6.07, 6.45) is 2.84. The number of fused-ring (bicyclic) bond motifs is 1. The first-order chi connectivity index (χ1) is 12.2. The minimum atomic E-state index is 0.193. The zero-order chi connectivity index (χ0) is 17.8. The van der Waals surface area contributed by atoms with Crippen LogP contribution in [0.1, 0.15) is 17.0 Å². The molecule has 1 aromatic heterocycles. The van der Waals surface area contributed by atoms with E-state index in [0.717, 1.165) is 17.5 Å². The Balaban J connectivity index is 1.97. The lowest BCUT2D eigenvalue weighted by atomic mass is 9.91. The van der Waals surface area contributed by atoms with Crippen molar-refractivity contribution in [3.8, 4) is 17.2 Å². The van der Waals surface area contributed by atoms with Crippen LogP contribution < -0.4 is 19.9 Å². The Bertz CT molecular complexity index is 832. The van der Waals surface area contributed by atoms with E-state index in [9.17, 15) is 0 Å². The predicted molar refractivity (Wildman–Crippen MR) is 99.9 cm³/mol. The molecule has 3 rings (SSSR count). The minimum Gasteiger partial charge on any atom is -0.493 e. The molecule has 0 aliphatic carbocycles. The lowest BCUT2D eigenvalue weighted by Crippen LogP contribution is -2.15. The molecule has 0 saturated carbocycles. The van der Waals surface area contributed by atoms with E-state index in [-0.39, 0.29) is 5.92 Å². The van der Waals surface area contributed by atoms with Gasteiger partial charge in [-0.2, -0.15) is 0 Å². The number of hydrogen-bond donors (Lipinski definition) is 2. The molecule has 0 radical (unpaired) electrons. The van der Waals surface area contributed by atoms with Crippen molar-refractivity contribution in [3.05, 3.63) is 53.7 Å². The van der Waals surface area contributed by atoms with Crippen molar-refractivity contribution in [2.45, 2.75) is 12.3 Å². The van der Waals surface area contributed by atoms with Gasteiger partial charge in [0.05, 0.1) is 21.3 Å². The van der Waals surface area contributed by atoms with Crippen LogP contribution in [0, 0.1) is 0 Å². The Morgan fingerprint density at radius 3 is 2.28 bits per heavy atom. The Morgan fingerprint density at radius 1 is 1.00 bits per heavy atom. The van der Waals surface area contributed by atoms with E-state index in [4.69, 9.17) is 19.9 Å². The van der Waals surface area contributed by atoms with Crippen LogP contribution >= 0.6 is 0 Å². The first-order valence-electron chi connectivity index (χ1n) is 8.26. The van der Waals surface area contributed by atoms with E-state index in [2.05, 4.69) is 23.3 Å². The molecule has 0 spiro atoms. The topological polar surface area (TPSA) is 69.5 Å². The van der Waals surface area contributed by atoms with Crippen LogP contribution in [-0.4, -0.2) is 32.9 Å². The summed E-state index contributed by atoms with van der Waals surface area (Å²) in [6.45, 7) is 0.554. The Labute approximate surface area is 147 Å². The summed E-state index contributed by atoms with van der Waals surface area (Å²) >= 11 is 0. The summed E-state index contributed by atoms with van der Waals surface area (Å²) in [5.41, 5.74) is 9.55. The summed E-state index contributed by atoms with van der Waals surface area (Å²) in [5, 5.41) is 1.21. The first kappa shape index (κ1) is 17.2. The van der Waals surface area contributed by atoms with Crippen molar-refractivity contribution in [1.82, 2.24) is 4.98 Å². The number of para-hydroxylation sites is 1. The van der Waals surface area contributed by atoms with Crippen LogP contribution in [0.3, 0.4) is 0 Å². The SMILES string of the molecule is COc1cc(CC(CN)c2c[nH]c3ccccc23)cc(OC)c1OC. The lowest BCUT2D eigenvalue weighted by molar-refractivity contribution is 0.323. The fourth-order valence-corrected chi connectivity index (χ4v) is 3.29. The highest BCUT2D eigenvalue weighted by Crippen LogP contribution is 2.39. The smallest absolute Gasteiger partial charge is 0.203 e. The Morgan fingerprint density at radius 2 is 1.68 bits per heavy atom. The van der Waals surface area contributed by atoms with Crippen LogP contribution in [0.25, 0.3) is 10.9 Å². The van der Waals surface area contributed by atoms with Gasteiger partial charge < -0.3 is 24.9 Å². The zero-order valence-electron chi connectivity index (χ0n) is 14.8. The first-order valence-corrected chi connectivity index (χ1v) is 8.26. The molecular formula is C20H24N2O3. The monoisotopic (exact) mass is 340 g/mol. The fourth-order valence-electron chi connectivity index (χ4n) is 3.29. The molecule has 0 aliphatic heterocycles. The van der Waals surface area contributed by atoms with Gasteiger partial charge in [0.15, 0.2) is 11.5 Å². The van der Waals surface area contributed by atoms with Gasteiger partial charge in [-0.05, 0) is 42.3 Å². The van der Waals surface area contributed by atoms with E-state index >= 15 is 0 Å². The number of H-pyrrole nitrogens is 1. The highest BCUT2D eigenvalue weighted by molar-refractivity contribution is 5.83. The second-order valence-corrected chi connectivity index (χ2v) is 5.96. The molecule has 1 heterocycles. The summed E-state index contributed by atoms with van der Waals surface area (Å²) in [5.74, 6) is 2.11. The van der Waals surface area contributed by atoms with Gasteiger partial charge in [0.25, 0.3) is 0 Å². The third kappa shape index (κ3) is 3.28. The van der Waals surface area contributed by atoms with Crippen LogP contribution in [0.2, 0.25) is 0 Å². The maximum Gasteiger partial charge on any atom is 0.203 e. The maximum absolute atomic E-state index is 6.10. The van der Waals surface area contributed by atoms with E-state index < -0.39 is 0 Å². The third-order valence-electron chi connectivity index (χ3n) is 4.55. The average Bonchev–Trinajstić information content (AvgIpc) is 3.09. The van der Waals surface area contributed by atoms with Crippen LogP contribution in [0.5, 0.6) is 17.2 Å². The molecule has 5 nitrogen and oxygen atoms in total. The van der Waals surface area contributed by atoms with Crippen LogP contribution in [-0.2, 0) is 6.42 Å². The fraction of sp³-hybridized carbons (Fsp3) is 0.300. The van der Waals surface area contributed by atoms with Crippen molar-refractivity contribution < 1.29 is 14.2 Å². The quantitative estimate of drug-likeness (QED) is 0.691. The molecule has 0 aliphatic rings. The second-order valence-electron chi connectivity index (χ2n) is 5.96. The van der Waals surface area contributed by atoms with Crippen molar-refractivity contribution in [2.24, 2.45) is 5.73 Å². The number of rotatable bonds is 7. The largest absolute Gasteiger partial charge is 0.493 e. The van der Waals surface area contributed by atoms with E-state index in [1.165, 1.54) is 10.9 Å². The Hall–Kier alpha value is -2.66. The molecule has 3 aromatic rings. The standard InChI is InChI=1S/C20H24N2O3/c1-23-18-9-13(10-19(24-2)20(18)25-3)8-14(11-21)16-12-22-17-7-5-4-6-15(16)17/h4-7,9-10,12,14,22H,8,11,21H2,1-3H3. The summed E-state index contributed by atoms with van der Waals surface area (Å²) in [7, 11) is 4.86. The molecule has 25 heavy (non-hydrogen) atoms. The summed E-state index contributed by atoms with van der Waals surface area (Å²) in [6, 6.07) is 12.2. The molecular weight excluding hydrogens is 316 g/mol. The molecule has 0 amide bonds. The van der Waals surface area contributed by atoms with Gasteiger partial charge in [0, 0.05) is 23.0 Å². The van der Waals surface area contributed by atoms with Crippen LogP contribution in [0.4, 0.5) is 0 Å². The summed E-state index contributed by atoms with van der Waals surface area (Å²) in [4.78, 5) is 3.33. The van der Waals surface area contributed by atoms with Crippen molar-refractivity contribution in [2.75, 3.05) is 27.9 Å². The number of aromatic amines is 1. The van der Waals surface area contributed by atoms with Gasteiger partial charge in [-0.1, -0.05) is 18.2 Å². The minimum absolute atomic E-state index is 0.193. The third-order valence-corrected chi connectivity index (χ3v) is 4.55. The van der Waals surface area contributed by atoms with E-state index in [1.54, 1.807) is 21.3 Å². The number of nitrogens with two attached hydrogens (primary N) is 1. The number of aromatic nitrogens is 1. The molecule has 2 aromatic carbocycles. The van der Waals surface area contributed by atoms with Crippen LogP contribution in [0.15, 0.2) is 42.6 Å². The van der Waals surface area contributed by atoms with E-state index in [0.29, 0.717) is 23.8 Å². The van der Waals surface area contributed by atoms with Gasteiger partial charge in [-0.25, -0.2) is 0 Å². The molecule has 1 atom stereocenters. The maximum atomic E-state index is 6.10. The van der Waals surface area contributed by atoms with Gasteiger partial charge in [0.1, 0.15) is 0 Å². The number of hydrogen-bond acceptors (Lipinski definition) is 4. The molecule has 0 bridgehead atoms. The number of ether oxygens (including phenoxy) is 3. The molecule has 1 unspecified atom stereocenters. The van der Waals surface area contributed by atoms with E-state index in [1.807, 2.05) is 24.3 Å². The molecule has 3 N–H and O–H groups in total. The van der Waals surface area contributed by atoms with Gasteiger partial charge >= 0.3 is 0 Å². The molecule has 5 heteroatoms. The van der Waals surface area contributed by atoms with Crippen molar-refractivity contribution in [1.29, 1.82) is 0 Å². The normalized spacial score (nSPS) is 12.2. The predicted octanol–water partition coefficient (Wildman–Crippen LogP) is 3.48. The number of benzene rings is 2. The van der Waals surface area contributed by atoms with Gasteiger partial charge in [0.2, 0.25) is 5.75 Å². The second kappa shape index (κ2) is 7.49. The number of nitrogens with one attached hydrogen (secondary N) is 1. The zero-order valence-corrected chi connectivity index (χ0v) is 14.8. The van der Waals surface area contributed by atoms with Crippen molar-refractivity contribution >= 4 is 10.9 Å². The number of methoxy groups -OCH3 is 3. The highest BCUT2D eigenvalue weighted by Gasteiger charge is 2.18. The van der Waals surface area contributed by atoms with Gasteiger partial charge in [-0.3, -0.25) is 0 Å². The molecule has 0 saturated heterocycles.